The number of amides is 1. The van der Waals surface area contributed by atoms with Crippen molar-refractivity contribution in [3.05, 3.63) is 0 Å². The van der Waals surface area contributed by atoms with E-state index in [0.717, 1.165) is 6.04 Å². The van der Waals surface area contributed by atoms with E-state index in [2.05, 4.69) is 25.0 Å². The number of nitrogens with two attached hydrogens (primary N) is 1. The van der Waals surface area contributed by atoms with Gasteiger partial charge in [0.2, 0.25) is 0 Å². The van der Waals surface area contributed by atoms with Crippen molar-refractivity contribution < 1.29 is 9.53 Å². The van der Waals surface area contributed by atoms with Crippen molar-refractivity contribution in [2.75, 3.05) is 19.7 Å². The Bertz CT molecular complexity index is 157. The molecule has 0 heterocycles. The number of nitrogens with one attached hydrogen (secondary N) is 1. The topological polar surface area (TPSA) is 64.3 Å². The minimum Gasteiger partial charge on any atom is -0.450 e. The summed E-state index contributed by atoms with van der Waals surface area (Å²) < 4.78 is 4.95. The molecule has 0 aromatic carbocycles. The third-order valence-electron chi connectivity index (χ3n) is 1.50. The van der Waals surface area contributed by atoms with Crippen LogP contribution in [0.25, 0.3) is 0 Å². The first-order valence-corrected chi connectivity index (χ1v) is 8.27. The number of alkyl carbamates (subject to hydrolysis) is 1. The largest absolute Gasteiger partial charge is 0.450 e. The Balaban J connectivity index is 3.37. The Morgan fingerprint density at radius 2 is 2.08 bits per heavy atom. The van der Waals surface area contributed by atoms with Crippen LogP contribution < -0.4 is 11.1 Å². The van der Waals surface area contributed by atoms with Crippen molar-refractivity contribution in [3.63, 3.8) is 0 Å². The maximum atomic E-state index is 10.9. The molecule has 1 amide bonds. The Kier molecular flexibility index (Phi) is 5.73. The molecule has 0 aliphatic carbocycles. The minimum absolute atomic E-state index is 0.358. The number of ether oxygens (including phenoxy) is 1. The van der Waals surface area contributed by atoms with Crippen LogP contribution in [0.1, 0.15) is 0 Å². The summed E-state index contributed by atoms with van der Waals surface area (Å²) in [7, 11) is -1.08. The lowest BCUT2D eigenvalue weighted by Gasteiger charge is -2.15. The van der Waals surface area contributed by atoms with E-state index in [1.165, 1.54) is 0 Å². The first-order valence-electron chi connectivity index (χ1n) is 4.56. The van der Waals surface area contributed by atoms with Crippen LogP contribution in [0, 0.1) is 0 Å². The molecule has 0 aromatic rings. The highest BCUT2D eigenvalue weighted by molar-refractivity contribution is 6.76. The first kappa shape index (κ1) is 12.4. The number of carbonyl (C=O) groups excluding carboxylic acids is 1. The maximum Gasteiger partial charge on any atom is 0.407 e. The lowest BCUT2D eigenvalue weighted by molar-refractivity contribution is 0.152. The summed E-state index contributed by atoms with van der Waals surface area (Å²) in [5, 5.41) is 2.55. The molecule has 13 heavy (non-hydrogen) atoms. The van der Waals surface area contributed by atoms with Gasteiger partial charge in [0.05, 0.1) is 6.61 Å². The quantitative estimate of drug-likeness (QED) is 0.657. The molecule has 0 bridgehead atoms. The summed E-state index contributed by atoms with van der Waals surface area (Å²) in [5.41, 5.74) is 5.21. The van der Waals surface area contributed by atoms with E-state index >= 15 is 0 Å². The van der Waals surface area contributed by atoms with Crippen LogP contribution in [0.4, 0.5) is 4.79 Å². The van der Waals surface area contributed by atoms with Crippen LogP contribution in [-0.2, 0) is 4.74 Å². The molecular weight excluding hydrogens is 184 g/mol. The molecule has 0 unspecified atom stereocenters. The summed E-state index contributed by atoms with van der Waals surface area (Å²) in [5.74, 6) is 0. The number of hydrogen-bond acceptors (Lipinski definition) is 3. The van der Waals surface area contributed by atoms with E-state index in [0.29, 0.717) is 19.7 Å². The molecule has 3 N–H and O–H groups in total. The van der Waals surface area contributed by atoms with Crippen molar-refractivity contribution in [1.82, 2.24) is 5.32 Å². The standard InChI is InChI=1S/C8H20N2O2Si/c1-13(2,3)7-6-12-8(11)10-5-4-9/h4-7,9H2,1-3H3,(H,10,11). The fourth-order valence-electron chi connectivity index (χ4n) is 0.675. The van der Waals surface area contributed by atoms with Gasteiger partial charge in [-0.05, 0) is 6.04 Å². The fourth-order valence-corrected chi connectivity index (χ4v) is 1.39. The Hall–Kier alpha value is -0.553. The highest BCUT2D eigenvalue weighted by Gasteiger charge is 2.13. The van der Waals surface area contributed by atoms with Gasteiger partial charge in [0.15, 0.2) is 0 Å². The van der Waals surface area contributed by atoms with Crippen LogP contribution in [0.2, 0.25) is 25.7 Å². The second-order valence-corrected chi connectivity index (χ2v) is 9.78. The van der Waals surface area contributed by atoms with Crippen molar-refractivity contribution in [3.8, 4) is 0 Å². The van der Waals surface area contributed by atoms with Gasteiger partial charge in [0, 0.05) is 21.2 Å². The lowest BCUT2D eigenvalue weighted by Crippen LogP contribution is -2.31. The first-order chi connectivity index (χ1) is 5.95. The molecule has 0 saturated carbocycles. The molecular formula is C8H20N2O2Si. The van der Waals surface area contributed by atoms with Gasteiger partial charge in [-0.1, -0.05) is 19.6 Å². The smallest absolute Gasteiger partial charge is 0.407 e. The molecule has 4 nitrogen and oxygen atoms in total. The maximum absolute atomic E-state index is 10.9. The van der Waals surface area contributed by atoms with Gasteiger partial charge < -0.3 is 15.8 Å². The van der Waals surface area contributed by atoms with Crippen molar-refractivity contribution >= 4 is 14.2 Å². The fraction of sp³-hybridized carbons (Fsp3) is 0.875. The van der Waals surface area contributed by atoms with Crippen LogP contribution in [0.5, 0.6) is 0 Å². The Morgan fingerprint density at radius 3 is 2.54 bits per heavy atom. The SMILES string of the molecule is C[Si](C)(C)CCOC(=O)NCCN. The molecule has 0 atom stereocenters. The van der Waals surface area contributed by atoms with E-state index in [-0.39, 0.29) is 6.09 Å². The molecule has 0 saturated heterocycles. The summed E-state index contributed by atoms with van der Waals surface area (Å²) in [6, 6.07) is 1.00. The molecule has 0 aromatic heterocycles. The summed E-state index contributed by atoms with van der Waals surface area (Å²) in [6.07, 6.45) is -0.358. The molecule has 0 aliphatic heterocycles. The van der Waals surface area contributed by atoms with Crippen LogP contribution in [0.15, 0.2) is 0 Å². The number of carbonyl (C=O) groups is 1. The monoisotopic (exact) mass is 204 g/mol. The van der Waals surface area contributed by atoms with Crippen molar-refractivity contribution in [1.29, 1.82) is 0 Å². The zero-order valence-electron chi connectivity index (χ0n) is 8.72. The minimum atomic E-state index is -1.08. The number of hydrogen-bond donors (Lipinski definition) is 2. The molecule has 0 radical (unpaired) electrons. The summed E-state index contributed by atoms with van der Waals surface area (Å²) in [6.45, 7) is 8.18. The van der Waals surface area contributed by atoms with Gasteiger partial charge in [0.25, 0.3) is 0 Å². The third kappa shape index (κ3) is 9.36. The van der Waals surface area contributed by atoms with Crippen molar-refractivity contribution in [2.45, 2.75) is 25.7 Å². The van der Waals surface area contributed by atoms with Crippen LogP contribution in [-0.4, -0.2) is 33.9 Å². The van der Waals surface area contributed by atoms with Gasteiger partial charge in [-0.25, -0.2) is 4.79 Å². The molecule has 78 valence electrons. The Morgan fingerprint density at radius 1 is 1.46 bits per heavy atom. The Labute approximate surface area is 80.8 Å². The predicted octanol–water partition coefficient (Wildman–Crippen LogP) is 1.01. The summed E-state index contributed by atoms with van der Waals surface area (Å²) in [4.78, 5) is 10.9. The molecule has 0 fully saturated rings. The van der Waals surface area contributed by atoms with E-state index in [9.17, 15) is 4.79 Å². The van der Waals surface area contributed by atoms with Gasteiger partial charge in [-0.2, -0.15) is 0 Å². The van der Waals surface area contributed by atoms with Gasteiger partial charge in [-0.15, -0.1) is 0 Å². The highest BCUT2D eigenvalue weighted by Crippen LogP contribution is 2.07. The van der Waals surface area contributed by atoms with Crippen molar-refractivity contribution in [2.24, 2.45) is 5.73 Å². The van der Waals surface area contributed by atoms with Gasteiger partial charge in [0.1, 0.15) is 0 Å². The molecule has 5 heteroatoms. The normalized spacial score (nSPS) is 11.1. The number of rotatable bonds is 5. The predicted molar refractivity (Wildman–Crippen MR) is 56.6 cm³/mol. The van der Waals surface area contributed by atoms with Crippen LogP contribution >= 0.6 is 0 Å². The average Bonchev–Trinajstić information content (AvgIpc) is 1.98. The van der Waals surface area contributed by atoms with E-state index in [1.54, 1.807) is 0 Å². The van der Waals surface area contributed by atoms with Gasteiger partial charge >= 0.3 is 6.09 Å². The average molecular weight is 204 g/mol. The second-order valence-electron chi connectivity index (χ2n) is 4.16. The van der Waals surface area contributed by atoms with Gasteiger partial charge in [-0.3, -0.25) is 0 Å². The van der Waals surface area contributed by atoms with E-state index in [4.69, 9.17) is 10.5 Å². The van der Waals surface area contributed by atoms with E-state index in [1.807, 2.05) is 0 Å². The molecule has 0 spiro atoms. The second kappa shape index (κ2) is 5.99. The van der Waals surface area contributed by atoms with E-state index < -0.39 is 8.07 Å². The zero-order chi connectivity index (χ0) is 10.3. The molecule has 0 rings (SSSR count). The molecule has 0 aliphatic rings. The van der Waals surface area contributed by atoms with Crippen LogP contribution in [0.3, 0.4) is 0 Å². The lowest BCUT2D eigenvalue weighted by atomic mass is 10.6. The zero-order valence-corrected chi connectivity index (χ0v) is 9.72. The third-order valence-corrected chi connectivity index (χ3v) is 3.20. The summed E-state index contributed by atoms with van der Waals surface area (Å²) >= 11 is 0. The highest BCUT2D eigenvalue weighted by atomic mass is 28.3.